The molecular weight excluding hydrogens is 310 g/mol. The molecule has 0 saturated carbocycles. The van der Waals surface area contributed by atoms with Gasteiger partial charge in [0.15, 0.2) is 0 Å². The second-order valence-corrected chi connectivity index (χ2v) is 5.95. The number of allylic oxidation sites excluding steroid dienone is 1. The maximum atomic E-state index is 10.6. The predicted molar refractivity (Wildman–Crippen MR) is 47.6 cm³/mol. The van der Waals surface area contributed by atoms with E-state index in [1.165, 1.54) is 0 Å². The Morgan fingerprint density at radius 3 is 1.89 bits per heavy atom. The van der Waals surface area contributed by atoms with Gasteiger partial charge in [-0.25, -0.2) is 16.8 Å². The third-order valence-corrected chi connectivity index (χ3v) is 3.95. The minimum atomic E-state index is -5.32. The van der Waals surface area contributed by atoms with Crippen LogP contribution < -0.4 is 59.1 Å². The zero-order chi connectivity index (χ0) is 12.8. The smallest absolute Gasteiger partial charge is 0.745 e. The maximum Gasteiger partial charge on any atom is 1.00 e. The van der Waals surface area contributed by atoms with Crippen LogP contribution in [-0.2, 0) is 20.2 Å². The van der Waals surface area contributed by atoms with Crippen LogP contribution in [0.2, 0.25) is 0 Å². The van der Waals surface area contributed by atoms with Crippen molar-refractivity contribution in [2.75, 3.05) is 0 Å². The first kappa shape index (κ1) is 21.5. The van der Waals surface area contributed by atoms with Gasteiger partial charge >= 0.3 is 59.1 Å². The normalized spacial score (nSPS) is 27.8. The molecule has 2 unspecified atom stereocenters. The quantitative estimate of drug-likeness (QED) is 0.376. The molecule has 12 heteroatoms. The van der Waals surface area contributed by atoms with Gasteiger partial charge < -0.3 is 19.3 Å². The van der Waals surface area contributed by atoms with E-state index in [9.17, 15) is 31.0 Å². The average Bonchev–Trinajstić information content (AvgIpc) is 2.05. The number of aliphatic hydroxyl groups excluding tert-OH is 1. The van der Waals surface area contributed by atoms with E-state index in [0.717, 1.165) is 0 Å². The molecule has 0 aromatic carbocycles. The molecule has 1 aliphatic carbocycles. The first-order chi connectivity index (χ1) is 6.98. The predicted octanol–water partition coefficient (Wildman–Crippen LogP) is -8.41. The fourth-order valence-electron chi connectivity index (χ4n) is 1.03. The van der Waals surface area contributed by atoms with Gasteiger partial charge in [-0.2, -0.15) is 0 Å². The Hall–Kier alpha value is 1.22. The van der Waals surface area contributed by atoms with Crippen molar-refractivity contribution in [3.05, 3.63) is 23.1 Å². The van der Waals surface area contributed by atoms with E-state index in [1.54, 1.807) is 0 Å². The molecule has 0 spiro atoms. The zero-order valence-electron chi connectivity index (χ0n) is 9.47. The van der Waals surface area contributed by atoms with Crippen molar-refractivity contribution in [2.45, 2.75) is 11.0 Å². The SMILES string of the molecule is O=S(=O)([O-])C1=CC(O)C(O)(S(=O)(=O)[O-])C=C1.[Na+].[Na+]. The summed E-state index contributed by atoms with van der Waals surface area (Å²) in [5, 5.41) is 18.4. The van der Waals surface area contributed by atoms with Crippen LogP contribution in [0.1, 0.15) is 0 Å². The molecule has 0 saturated heterocycles. The molecular formula is C6H6Na2O8S2. The number of hydrogen-bond acceptors (Lipinski definition) is 8. The molecule has 0 aromatic heterocycles. The van der Waals surface area contributed by atoms with Crippen LogP contribution in [0, 0.1) is 0 Å². The molecule has 0 fully saturated rings. The molecule has 18 heavy (non-hydrogen) atoms. The van der Waals surface area contributed by atoms with Crippen molar-refractivity contribution in [1.29, 1.82) is 0 Å². The number of aliphatic hydroxyl groups is 2. The molecule has 2 atom stereocenters. The van der Waals surface area contributed by atoms with Crippen LogP contribution in [0.3, 0.4) is 0 Å². The summed E-state index contributed by atoms with van der Waals surface area (Å²) in [5.74, 6) is 0. The van der Waals surface area contributed by atoms with E-state index in [-0.39, 0.29) is 71.3 Å². The minimum absolute atomic E-state index is 0. The Balaban J connectivity index is 0. The molecule has 0 amide bonds. The zero-order valence-corrected chi connectivity index (χ0v) is 15.1. The second kappa shape index (κ2) is 6.78. The Morgan fingerprint density at radius 2 is 1.61 bits per heavy atom. The number of hydrogen-bond donors (Lipinski definition) is 2. The third kappa shape index (κ3) is 4.36. The molecule has 92 valence electrons. The van der Waals surface area contributed by atoms with Crippen molar-refractivity contribution in [3.63, 3.8) is 0 Å². The average molecular weight is 316 g/mol. The Labute approximate surface area is 148 Å². The van der Waals surface area contributed by atoms with Gasteiger partial charge in [-0.3, -0.25) is 0 Å². The first-order valence-corrected chi connectivity index (χ1v) is 6.53. The van der Waals surface area contributed by atoms with Crippen LogP contribution >= 0.6 is 0 Å². The summed E-state index contributed by atoms with van der Waals surface area (Å²) in [6.07, 6.45) is -1.33. The summed E-state index contributed by atoms with van der Waals surface area (Å²) < 4.78 is 63.3. The van der Waals surface area contributed by atoms with Crippen LogP contribution in [0.25, 0.3) is 0 Å². The molecule has 0 heterocycles. The Morgan fingerprint density at radius 1 is 1.17 bits per heavy atom. The molecule has 0 aliphatic heterocycles. The summed E-state index contributed by atoms with van der Waals surface area (Å²) >= 11 is 0. The van der Waals surface area contributed by atoms with E-state index in [0.29, 0.717) is 6.08 Å². The van der Waals surface area contributed by atoms with Gasteiger partial charge in [-0.15, -0.1) is 0 Å². The van der Waals surface area contributed by atoms with Gasteiger partial charge in [0, 0.05) is 0 Å². The summed E-state index contributed by atoms with van der Waals surface area (Å²) in [6.45, 7) is 0. The fraction of sp³-hybridized carbons (Fsp3) is 0.333. The molecule has 1 aliphatic rings. The fourth-order valence-corrected chi connectivity index (χ4v) is 2.16. The van der Waals surface area contributed by atoms with Gasteiger partial charge in [0.05, 0.1) is 4.91 Å². The largest absolute Gasteiger partial charge is 1.00 e. The summed E-state index contributed by atoms with van der Waals surface area (Å²) in [4.78, 5) is -4.09. The third-order valence-electron chi connectivity index (χ3n) is 1.92. The van der Waals surface area contributed by atoms with Crippen LogP contribution in [0.15, 0.2) is 23.1 Å². The van der Waals surface area contributed by atoms with Crippen LogP contribution in [0.4, 0.5) is 0 Å². The molecule has 1 rings (SSSR count). The van der Waals surface area contributed by atoms with Crippen LogP contribution in [0.5, 0.6) is 0 Å². The summed E-state index contributed by atoms with van der Waals surface area (Å²) in [6, 6.07) is 0. The molecule has 0 aromatic rings. The topological polar surface area (TPSA) is 155 Å². The van der Waals surface area contributed by atoms with Crippen LogP contribution in [-0.4, -0.2) is 47.2 Å². The van der Waals surface area contributed by atoms with Gasteiger partial charge in [-0.1, -0.05) is 0 Å². The Bertz CT molecular complexity index is 562. The molecule has 0 bridgehead atoms. The van der Waals surface area contributed by atoms with Gasteiger partial charge in [-0.05, 0) is 18.2 Å². The van der Waals surface area contributed by atoms with Crippen molar-refractivity contribution in [1.82, 2.24) is 0 Å². The van der Waals surface area contributed by atoms with E-state index >= 15 is 0 Å². The second-order valence-electron chi connectivity index (χ2n) is 3.01. The molecule has 2 N–H and O–H groups in total. The maximum absolute atomic E-state index is 10.6. The van der Waals surface area contributed by atoms with Gasteiger partial charge in [0.1, 0.15) is 26.3 Å². The van der Waals surface area contributed by atoms with E-state index in [1.807, 2.05) is 0 Å². The van der Waals surface area contributed by atoms with Crippen molar-refractivity contribution in [2.24, 2.45) is 0 Å². The van der Waals surface area contributed by atoms with Crippen molar-refractivity contribution in [3.8, 4) is 0 Å². The van der Waals surface area contributed by atoms with E-state index in [2.05, 4.69) is 0 Å². The number of rotatable bonds is 2. The summed E-state index contributed by atoms with van der Waals surface area (Å²) in [7, 11) is -10.2. The van der Waals surface area contributed by atoms with Crippen molar-refractivity contribution < 1.29 is 95.3 Å². The first-order valence-electron chi connectivity index (χ1n) is 3.71. The van der Waals surface area contributed by atoms with Gasteiger partial charge in [0.2, 0.25) is 4.93 Å². The summed E-state index contributed by atoms with van der Waals surface area (Å²) in [5.41, 5.74) is 0. The molecule has 8 nitrogen and oxygen atoms in total. The van der Waals surface area contributed by atoms with Gasteiger partial charge in [0.25, 0.3) is 0 Å². The molecule has 0 radical (unpaired) electrons. The monoisotopic (exact) mass is 316 g/mol. The van der Waals surface area contributed by atoms with Crippen molar-refractivity contribution >= 4 is 20.2 Å². The van der Waals surface area contributed by atoms with E-state index < -0.39 is 36.2 Å². The van der Waals surface area contributed by atoms with E-state index in [4.69, 9.17) is 5.11 Å². The standard InChI is InChI=1S/C6H8O8S2.2Na/c7-5-3-4(15(9,10)11)1-2-6(5,8)16(12,13)14;;/h1-3,5,7-8H,(H,9,10,11)(H,12,13,14);;/q;2*+1/p-2. The Kier molecular flexibility index (Phi) is 8.11. The minimum Gasteiger partial charge on any atom is -0.745 e.